The third-order valence-corrected chi connectivity index (χ3v) is 4.37. The van der Waals surface area contributed by atoms with Crippen LogP contribution in [0.15, 0.2) is 28.9 Å². The number of hydrogen-bond donors (Lipinski definition) is 4. The molecule has 0 radical (unpaired) electrons. The van der Waals surface area contributed by atoms with Gasteiger partial charge in [-0.05, 0) is 12.1 Å². The number of Topliss-reactive ketones (excluding diaryl/α,β-unsaturated/α-hetero) is 1. The molecule has 0 saturated heterocycles. The third kappa shape index (κ3) is 5.15. The summed E-state index contributed by atoms with van der Waals surface area (Å²) < 4.78 is 0.923. The zero-order valence-corrected chi connectivity index (χ0v) is 15.3. The van der Waals surface area contributed by atoms with E-state index in [9.17, 15) is 9.59 Å². The van der Waals surface area contributed by atoms with Crippen molar-refractivity contribution in [3.05, 3.63) is 34.4 Å². The Morgan fingerprint density at radius 3 is 2.79 bits per heavy atom. The van der Waals surface area contributed by atoms with E-state index in [4.69, 9.17) is 0 Å². The number of rotatable bonds is 10. The molecule has 7 heteroatoms. The maximum absolute atomic E-state index is 12.3. The highest BCUT2D eigenvalue weighted by Crippen LogP contribution is 2.22. The van der Waals surface area contributed by atoms with Crippen LogP contribution >= 0.6 is 15.9 Å². The zero-order chi connectivity index (χ0) is 17.4. The van der Waals surface area contributed by atoms with Crippen LogP contribution in [0.4, 0.5) is 0 Å². The molecule has 0 saturated carbocycles. The predicted molar refractivity (Wildman–Crippen MR) is 96.6 cm³/mol. The van der Waals surface area contributed by atoms with E-state index in [1.165, 1.54) is 6.42 Å². The molecule has 0 aliphatic rings. The van der Waals surface area contributed by atoms with Gasteiger partial charge in [-0.1, -0.05) is 22.0 Å². The second-order valence-electron chi connectivity index (χ2n) is 5.76. The van der Waals surface area contributed by atoms with Crippen LogP contribution in [0.25, 0.3) is 10.9 Å². The Morgan fingerprint density at radius 2 is 2.00 bits per heavy atom. The topological polar surface area (TPSA) is 106 Å². The summed E-state index contributed by atoms with van der Waals surface area (Å²) in [5, 5.41) is 5.71. The Kier molecular flexibility index (Phi) is 7.42. The molecule has 0 atom stereocenters. The van der Waals surface area contributed by atoms with E-state index in [0.29, 0.717) is 12.1 Å². The van der Waals surface area contributed by atoms with Crippen LogP contribution in [-0.2, 0) is 4.79 Å². The summed E-state index contributed by atoms with van der Waals surface area (Å²) in [6.45, 7) is 3.54. The minimum atomic E-state index is -0.545. The number of aromatic amines is 1. The number of fused-ring (bicyclic) bond motifs is 1. The number of halogens is 1. The van der Waals surface area contributed by atoms with Crippen LogP contribution in [-0.4, -0.2) is 42.9 Å². The Hall–Kier alpha value is -1.70. The number of nitrogens with two attached hydrogens (primary N) is 1. The molecular formula is C17H25BrN4O2+2. The first-order valence-corrected chi connectivity index (χ1v) is 9.13. The van der Waals surface area contributed by atoms with Gasteiger partial charge < -0.3 is 21.4 Å². The molecule has 24 heavy (non-hydrogen) atoms. The molecule has 0 fully saturated rings. The number of benzene rings is 1. The Bertz CT molecular complexity index is 699. The maximum atomic E-state index is 12.3. The van der Waals surface area contributed by atoms with Gasteiger partial charge in [0, 0.05) is 47.4 Å². The number of quaternary nitrogens is 2. The molecule has 1 aromatic heterocycles. The lowest BCUT2D eigenvalue weighted by atomic mass is 10.1. The van der Waals surface area contributed by atoms with Gasteiger partial charge in [0.2, 0.25) is 0 Å². The summed E-state index contributed by atoms with van der Waals surface area (Å²) in [6.07, 6.45) is 4.77. The molecule has 130 valence electrons. The van der Waals surface area contributed by atoms with Crippen molar-refractivity contribution in [1.82, 2.24) is 10.3 Å². The second-order valence-corrected chi connectivity index (χ2v) is 6.67. The van der Waals surface area contributed by atoms with Gasteiger partial charge in [-0.2, -0.15) is 0 Å². The number of carbonyl (C=O) groups excluding carboxylic acids is 2. The first kappa shape index (κ1) is 18.6. The second kappa shape index (κ2) is 9.56. The molecule has 0 bridgehead atoms. The molecule has 7 N–H and O–H groups in total. The lowest BCUT2D eigenvalue weighted by Gasteiger charge is -2.04. The summed E-state index contributed by atoms with van der Waals surface area (Å²) in [5.41, 5.74) is 5.06. The van der Waals surface area contributed by atoms with Gasteiger partial charge in [0.1, 0.15) is 0 Å². The highest BCUT2D eigenvalue weighted by atomic mass is 79.9. The molecule has 1 aromatic carbocycles. The van der Waals surface area contributed by atoms with E-state index in [2.05, 4.69) is 37.3 Å². The molecule has 0 aliphatic carbocycles. The van der Waals surface area contributed by atoms with Gasteiger partial charge in [0.15, 0.2) is 0 Å². The van der Waals surface area contributed by atoms with Crippen molar-refractivity contribution in [3.63, 3.8) is 0 Å². The third-order valence-electron chi connectivity index (χ3n) is 3.87. The Balaban J connectivity index is 1.77. The van der Waals surface area contributed by atoms with Crippen LogP contribution in [0.2, 0.25) is 0 Å². The normalized spacial score (nSPS) is 10.9. The molecular weight excluding hydrogens is 372 g/mol. The first-order valence-electron chi connectivity index (χ1n) is 8.33. The van der Waals surface area contributed by atoms with Crippen molar-refractivity contribution >= 4 is 38.5 Å². The fourth-order valence-electron chi connectivity index (χ4n) is 2.55. The number of nitrogens with one attached hydrogen (secondary N) is 2. The summed E-state index contributed by atoms with van der Waals surface area (Å²) in [5.74, 6) is -1.04. The average Bonchev–Trinajstić information content (AvgIpc) is 2.99. The summed E-state index contributed by atoms with van der Waals surface area (Å²) in [7, 11) is 0. The molecule has 1 amide bonds. The van der Waals surface area contributed by atoms with Crippen molar-refractivity contribution in [2.75, 3.05) is 26.2 Å². The highest BCUT2D eigenvalue weighted by Gasteiger charge is 2.19. The van der Waals surface area contributed by atoms with Crippen molar-refractivity contribution in [1.29, 1.82) is 0 Å². The molecule has 0 spiro atoms. The van der Waals surface area contributed by atoms with Crippen molar-refractivity contribution < 1.29 is 20.6 Å². The van der Waals surface area contributed by atoms with Crippen LogP contribution in [0.5, 0.6) is 0 Å². The van der Waals surface area contributed by atoms with E-state index in [1.807, 2.05) is 18.2 Å². The van der Waals surface area contributed by atoms with Gasteiger partial charge in [0.25, 0.3) is 11.7 Å². The minimum Gasteiger partial charge on any atom is -0.360 e. The number of ketones is 1. The number of carbonyl (C=O) groups is 2. The molecule has 0 aliphatic heterocycles. The van der Waals surface area contributed by atoms with Gasteiger partial charge in [-0.25, -0.2) is 0 Å². The van der Waals surface area contributed by atoms with E-state index in [0.717, 1.165) is 47.9 Å². The van der Waals surface area contributed by atoms with Crippen molar-refractivity contribution in [2.45, 2.75) is 19.3 Å². The minimum absolute atomic E-state index is 0.412. The molecule has 2 rings (SSSR count). The van der Waals surface area contributed by atoms with Crippen molar-refractivity contribution in [2.24, 2.45) is 0 Å². The van der Waals surface area contributed by atoms with Crippen LogP contribution in [0, 0.1) is 0 Å². The van der Waals surface area contributed by atoms with Crippen molar-refractivity contribution in [3.8, 4) is 0 Å². The standard InChI is InChI=1S/C17H23BrN4O2/c18-12-4-5-13-14(11-22-15(13)10-12)16(23)17(24)21-9-3-8-20-7-2-1-6-19/h4-5,10-11,20,22H,1-3,6-9,19H2,(H,21,24)/p+2. The molecule has 6 nitrogen and oxygen atoms in total. The fraction of sp³-hybridized carbons (Fsp3) is 0.412. The summed E-state index contributed by atoms with van der Waals surface area (Å²) >= 11 is 3.39. The van der Waals surface area contributed by atoms with Crippen LogP contribution in [0.3, 0.4) is 0 Å². The van der Waals surface area contributed by atoms with Gasteiger partial charge >= 0.3 is 0 Å². The van der Waals surface area contributed by atoms with Gasteiger partial charge in [0.05, 0.1) is 25.2 Å². The van der Waals surface area contributed by atoms with E-state index in [1.54, 1.807) is 6.20 Å². The fourth-order valence-corrected chi connectivity index (χ4v) is 2.91. The zero-order valence-electron chi connectivity index (χ0n) is 13.7. The smallest absolute Gasteiger partial charge is 0.292 e. The van der Waals surface area contributed by atoms with Crippen LogP contribution < -0.4 is 16.4 Å². The van der Waals surface area contributed by atoms with E-state index in [-0.39, 0.29) is 0 Å². The quantitative estimate of drug-likeness (QED) is 0.261. The first-order chi connectivity index (χ1) is 11.6. The summed E-state index contributed by atoms with van der Waals surface area (Å²) in [6, 6.07) is 5.57. The summed E-state index contributed by atoms with van der Waals surface area (Å²) in [4.78, 5) is 27.3. The number of amides is 1. The van der Waals surface area contributed by atoms with E-state index >= 15 is 0 Å². The predicted octanol–water partition coefficient (Wildman–Crippen LogP) is 0.205. The van der Waals surface area contributed by atoms with Crippen LogP contribution in [0.1, 0.15) is 29.6 Å². The molecule has 1 heterocycles. The monoisotopic (exact) mass is 396 g/mol. The molecule has 0 unspecified atom stereocenters. The lowest BCUT2D eigenvalue weighted by Crippen LogP contribution is -2.84. The van der Waals surface area contributed by atoms with Gasteiger partial charge in [-0.15, -0.1) is 0 Å². The lowest BCUT2D eigenvalue weighted by molar-refractivity contribution is -0.655. The Morgan fingerprint density at radius 1 is 1.21 bits per heavy atom. The van der Waals surface area contributed by atoms with Gasteiger partial charge in [-0.3, -0.25) is 9.59 Å². The number of unbranched alkanes of at least 4 members (excludes halogenated alkanes) is 1. The molecule has 2 aromatic rings. The number of aromatic nitrogens is 1. The number of hydrogen-bond acceptors (Lipinski definition) is 2. The maximum Gasteiger partial charge on any atom is 0.292 e. The average molecular weight is 397 g/mol. The van der Waals surface area contributed by atoms with E-state index < -0.39 is 11.7 Å². The largest absolute Gasteiger partial charge is 0.360 e. The highest BCUT2D eigenvalue weighted by molar-refractivity contribution is 9.10. The SMILES string of the molecule is [NH3+]CCCC[NH2+]CCCNC(=O)C(=O)c1c[nH]c2cc(Br)ccc12. The Labute approximate surface area is 149 Å². The number of H-pyrrole nitrogens is 1.